The topological polar surface area (TPSA) is 93.2 Å². The van der Waals surface area contributed by atoms with E-state index in [2.05, 4.69) is 44.7 Å². The molecule has 0 fully saturated rings. The van der Waals surface area contributed by atoms with Gasteiger partial charge in [0.15, 0.2) is 5.96 Å². The molecule has 9 heteroatoms. The minimum absolute atomic E-state index is 0.204. The van der Waals surface area contributed by atoms with Gasteiger partial charge in [-0.05, 0) is 44.9 Å². The Hall–Kier alpha value is -2.87. The molecular weight excluding hydrogens is 402 g/mol. The molecule has 160 valence electrons. The number of aryl methyl sites for hydroxylation is 2. The number of guanidine groups is 1. The Labute approximate surface area is 181 Å². The summed E-state index contributed by atoms with van der Waals surface area (Å²) in [6, 6.07) is 7.59. The van der Waals surface area contributed by atoms with Crippen molar-refractivity contribution in [2.24, 2.45) is 12.0 Å². The van der Waals surface area contributed by atoms with E-state index in [0.29, 0.717) is 29.7 Å². The first kappa shape index (κ1) is 21.8. The number of rotatable bonds is 7. The number of nitrogens with one attached hydrogen (secondary N) is 2. The number of aromatic nitrogens is 4. The largest absolute Gasteiger partial charge is 0.356 e. The predicted octanol–water partition coefficient (Wildman–Crippen LogP) is 3.08. The minimum Gasteiger partial charge on any atom is -0.356 e. The van der Waals surface area contributed by atoms with Crippen molar-refractivity contribution in [3.05, 3.63) is 52.1 Å². The lowest BCUT2D eigenvalue weighted by Gasteiger charge is -2.18. The van der Waals surface area contributed by atoms with Crippen molar-refractivity contribution >= 4 is 17.6 Å². The third-order valence-corrected chi connectivity index (χ3v) is 5.19. The molecule has 0 spiro atoms. The SMILES string of the molecule is CN=C(NCCc1nc(-c2cccc(Cl)c2)no1)NC(C)Cc1c(C)nn(C)c1C. The van der Waals surface area contributed by atoms with Crippen LogP contribution in [0.25, 0.3) is 11.4 Å². The number of halogens is 1. The van der Waals surface area contributed by atoms with Crippen molar-refractivity contribution in [2.45, 2.75) is 39.7 Å². The number of nitrogens with zero attached hydrogens (tertiary/aromatic N) is 5. The molecule has 0 amide bonds. The van der Waals surface area contributed by atoms with Gasteiger partial charge in [0.2, 0.25) is 11.7 Å². The standard InChI is InChI=1S/C21H28ClN7O/c1-13(11-18-14(2)27-29(5)15(18)3)25-21(23-4)24-10-9-19-26-20(28-30-19)16-7-6-8-17(22)12-16/h6-8,12-13H,9-11H2,1-5H3,(H2,23,24,25). The second-order valence-corrected chi connectivity index (χ2v) is 7.73. The highest BCUT2D eigenvalue weighted by Crippen LogP contribution is 2.20. The smallest absolute Gasteiger partial charge is 0.228 e. The maximum Gasteiger partial charge on any atom is 0.228 e. The van der Waals surface area contributed by atoms with Crippen LogP contribution in [0.5, 0.6) is 0 Å². The Morgan fingerprint density at radius 2 is 2.13 bits per heavy atom. The molecule has 30 heavy (non-hydrogen) atoms. The van der Waals surface area contributed by atoms with Crippen molar-refractivity contribution in [1.82, 2.24) is 30.6 Å². The van der Waals surface area contributed by atoms with Crippen LogP contribution in [-0.4, -0.2) is 45.5 Å². The summed E-state index contributed by atoms with van der Waals surface area (Å²) in [6.07, 6.45) is 1.46. The molecule has 2 aromatic heterocycles. The summed E-state index contributed by atoms with van der Waals surface area (Å²) < 4.78 is 7.27. The fourth-order valence-electron chi connectivity index (χ4n) is 3.29. The van der Waals surface area contributed by atoms with Crippen LogP contribution >= 0.6 is 11.6 Å². The first-order valence-electron chi connectivity index (χ1n) is 9.92. The van der Waals surface area contributed by atoms with Crippen LogP contribution in [0.4, 0.5) is 0 Å². The quantitative estimate of drug-likeness (QED) is 0.443. The molecule has 1 atom stereocenters. The Bertz CT molecular complexity index is 1020. The second-order valence-electron chi connectivity index (χ2n) is 7.29. The van der Waals surface area contributed by atoms with Crippen LogP contribution in [0.1, 0.15) is 29.8 Å². The van der Waals surface area contributed by atoms with E-state index in [4.69, 9.17) is 16.1 Å². The van der Waals surface area contributed by atoms with Crippen LogP contribution in [0.3, 0.4) is 0 Å². The molecule has 0 bridgehead atoms. The Morgan fingerprint density at radius 3 is 2.80 bits per heavy atom. The van der Waals surface area contributed by atoms with E-state index >= 15 is 0 Å². The van der Waals surface area contributed by atoms with Gasteiger partial charge in [-0.1, -0.05) is 28.9 Å². The number of aliphatic imine (C=N–C) groups is 1. The van der Waals surface area contributed by atoms with Gasteiger partial charge in [0.25, 0.3) is 0 Å². The summed E-state index contributed by atoms with van der Waals surface area (Å²) >= 11 is 6.03. The van der Waals surface area contributed by atoms with Crippen molar-refractivity contribution in [1.29, 1.82) is 0 Å². The summed E-state index contributed by atoms with van der Waals surface area (Å²) in [5.74, 6) is 1.82. The normalized spacial score (nSPS) is 12.8. The summed E-state index contributed by atoms with van der Waals surface area (Å²) in [5, 5.41) is 15.9. The Balaban J connectivity index is 1.50. The predicted molar refractivity (Wildman–Crippen MR) is 119 cm³/mol. The lowest BCUT2D eigenvalue weighted by Crippen LogP contribution is -2.43. The maximum atomic E-state index is 6.03. The number of benzene rings is 1. The zero-order valence-electron chi connectivity index (χ0n) is 18.0. The lowest BCUT2D eigenvalue weighted by molar-refractivity contribution is 0.378. The van der Waals surface area contributed by atoms with E-state index in [1.54, 1.807) is 7.05 Å². The minimum atomic E-state index is 0.204. The van der Waals surface area contributed by atoms with E-state index in [1.165, 1.54) is 11.3 Å². The molecule has 0 aliphatic carbocycles. The lowest BCUT2D eigenvalue weighted by atomic mass is 10.1. The van der Waals surface area contributed by atoms with Gasteiger partial charge in [-0.3, -0.25) is 9.67 Å². The van der Waals surface area contributed by atoms with Crippen LogP contribution < -0.4 is 10.6 Å². The molecular formula is C21H28ClN7O. The van der Waals surface area contributed by atoms with Crippen molar-refractivity contribution in [3.63, 3.8) is 0 Å². The van der Waals surface area contributed by atoms with Crippen molar-refractivity contribution in [2.75, 3.05) is 13.6 Å². The summed E-state index contributed by atoms with van der Waals surface area (Å²) in [7, 11) is 3.73. The Kier molecular flexibility index (Phi) is 7.10. The monoisotopic (exact) mass is 429 g/mol. The molecule has 3 rings (SSSR count). The van der Waals surface area contributed by atoms with Crippen LogP contribution in [0, 0.1) is 13.8 Å². The molecule has 2 heterocycles. The average molecular weight is 430 g/mol. The van der Waals surface area contributed by atoms with E-state index in [1.807, 2.05) is 42.9 Å². The summed E-state index contributed by atoms with van der Waals surface area (Å²) in [4.78, 5) is 8.74. The van der Waals surface area contributed by atoms with Gasteiger partial charge in [-0.25, -0.2) is 0 Å². The highest BCUT2D eigenvalue weighted by Gasteiger charge is 2.14. The summed E-state index contributed by atoms with van der Waals surface area (Å²) in [5.41, 5.74) is 4.36. The highest BCUT2D eigenvalue weighted by atomic mass is 35.5. The van der Waals surface area contributed by atoms with E-state index in [0.717, 1.165) is 23.6 Å². The molecule has 0 aliphatic heterocycles. The summed E-state index contributed by atoms with van der Waals surface area (Å²) in [6.45, 7) is 6.89. The van der Waals surface area contributed by atoms with E-state index in [9.17, 15) is 0 Å². The third-order valence-electron chi connectivity index (χ3n) is 4.96. The maximum absolute atomic E-state index is 6.03. The molecule has 0 saturated heterocycles. The van der Waals surface area contributed by atoms with Crippen molar-refractivity contribution in [3.8, 4) is 11.4 Å². The molecule has 8 nitrogen and oxygen atoms in total. The molecule has 1 unspecified atom stereocenters. The van der Waals surface area contributed by atoms with Gasteiger partial charge in [0, 0.05) is 49.4 Å². The molecule has 0 saturated carbocycles. The van der Waals surface area contributed by atoms with Crippen LogP contribution in [0.2, 0.25) is 5.02 Å². The zero-order valence-corrected chi connectivity index (χ0v) is 18.8. The van der Waals surface area contributed by atoms with Gasteiger partial charge in [-0.2, -0.15) is 10.1 Å². The fraction of sp³-hybridized carbons (Fsp3) is 0.429. The van der Waals surface area contributed by atoms with E-state index in [-0.39, 0.29) is 6.04 Å². The zero-order chi connectivity index (χ0) is 21.7. The fourth-order valence-corrected chi connectivity index (χ4v) is 3.48. The third kappa shape index (κ3) is 5.38. The molecule has 0 radical (unpaired) electrons. The second kappa shape index (κ2) is 9.75. The van der Waals surface area contributed by atoms with Gasteiger partial charge in [0.1, 0.15) is 0 Å². The molecule has 0 aliphatic rings. The number of hydrogen-bond acceptors (Lipinski definition) is 5. The van der Waals surface area contributed by atoms with Gasteiger partial charge >= 0.3 is 0 Å². The van der Waals surface area contributed by atoms with Gasteiger partial charge in [-0.15, -0.1) is 0 Å². The van der Waals surface area contributed by atoms with Crippen LogP contribution in [-0.2, 0) is 19.9 Å². The molecule has 2 N–H and O–H groups in total. The van der Waals surface area contributed by atoms with E-state index < -0.39 is 0 Å². The van der Waals surface area contributed by atoms with Gasteiger partial charge < -0.3 is 15.2 Å². The molecule has 3 aromatic rings. The van der Waals surface area contributed by atoms with Crippen molar-refractivity contribution < 1.29 is 4.52 Å². The highest BCUT2D eigenvalue weighted by molar-refractivity contribution is 6.30. The average Bonchev–Trinajstić information content (AvgIpc) is 3.27. The van der Waals surface area contributed by atoms with Gasteiger partial charge in [0.05, 0.1) is 5.69 Å². The van der Waals surface area contributed by atoms with Crippen LogP contribution in [0.15, 0.2) is 33.8 Å². The number of hydrogen-bond donors (Lipinski definition) is 2. The first-order valence-corrected chi connectivity index (χ1v) is 10.3. The Morgan fingerprint density at radius 1 is 1.33 bits per heavy atom. The molecule has 1 aromatic carbocycles. The first-order chi connectivity index (χ1) is 14.4.